The van der Waals surface area contributed by atoms with Crippen molar-refractivity contribution in [2.45, 2.75) is 26.8 Å². The highest BCUT2D eigenvalue weighted by molar-refractivity contribution is 5.68. The molecule has 1 aromatic heterocycles. The molecule has 5 heteroatoms. The molecule has 2 heterocycles. The molecule has 1 saturated heterocycles. The highest BCUT2D eigenvalue weighted by Gasteiger charge is 2.27. The zero-order valence-corrected chi connectivity index (χ0v) is 14.2. The van der Waals surface area contributed by atoms with E-state index < -0.39 is 0 Å². The maximum Gasteiger partial charge on any atom is 0.133 e. The Bertz CT molecular complexity index is 764. The topological polar surface area (TPSA) is 58.0 Å². The van der Waals surface area contributed by atoms with Crippen molar-refractivity contribution in [3.05, 3.63) is 47.4 Å². The van der Waals surface area contributed by atoms with Crippen molar-refractivity contribution in [1.82, 2.24) is 4.57 Å². The first kappa shape index (κ1) is 16.4. The van der Waals surface area contributed by atoms with Gasteiger partial charge >= 0.3 is 0 Å². The Morgan fingerprint density at radius 3 is 2.54 bits per heavy atom. The lowest BCUT2D eigenvalue weighted by molar-refractivity contribution is 0.353. The van der Waals surface area contributed by atoms with Gasteiger partial charge in [-0.25, -0.2) is 4.39 Å². The first-order chi connectivity index (χ1) is 11.5. The van der Waals surface area contributed by atoms with Crippen LogP contribution in [-0.4, -0.2) is 17.7 Å². The average molecular weight is 326 g/mol. The van der Waals surface area contributed by atoms with E-state index in [-0.39, 0.29) is 5.82 Å². The van der Waals surface area contributed by atoms with E-state index in [1.807, 2.05) is 10.6 Å². The van der Waals surface area contributed by atoms with Crippen LogP contribution >= 0.6 is 0 Å². The van der Waals surface area contributed by atoms with Gasteiger partial charge < -0.3 is 15.2 Å². The standard InChI is InChI=1S/C19H23FN4/c1-13-7-14(2)11-23(10-13)19-18(22)8-16(9-21)24(19)12-15-5-3-4-6-17(15)20/h3-6,8,13-14H,7,10-12,22H2,1-2H3/t13-,14-/m1/s1. The third-order valence-electron chi connectivity index (χ3n) is 4.67. The summed E-state index contributed by atoms with van der Waals surface area (Å²) in [4.78, 5) is 2.25. The lowest BCUT2D eigenvalue weighted by Gasteiger charge is -2.37. The normalized spacial score (nSPS) is 20.8. The van der Waals surface area contributed by atoms with Gasteiger partial charge in [0, 0.05) is 18.7 Å². The van der Waals surface area contributed by atoms with Gasteiger partial charge in [-0.05, 0) is 30.4 Å². The van der Waals surface area contributed by atoms with Crippen LogP contribution in [0.3, 0.4) is 0 Å². The van der Waals surface area contributed by atoms with Gasteiger partial charge in [0.1, 0.15) is 23.4 Å². The summed E-state index contributed by atoms with van der Waals surface area (Å²) >= 11 is 0. The van der Waals surface area contributed by atoms with E-state index in [0.717, 1.165) is 18.9 Å². The molecule has 0 unspecified atom stereocenters. The van der Waals surface area contributed by atoms with Crippen LogP contribution in [0.2, 0.25) is 0 Å². The van der Waals surface area contributed by atoms with E-state index in [1.165, 1.54) is 12.5 Å². The fraction of sp³-hybridized carbons (Fsp3) is 0.421. The minimum absolute atomic E-state index is 0.264. The summed E-state index contributed by atoms with van der Waals surface area (Å²) in [5, 5.41) is 9.47. The van der Waals surface area contributed by atoms with Crippen molar-refractivity contribution < 1.29 is 4.39 Å². The number of piperidine rings is 1. The van der Waals surface area contributed by atoms with Crippen molar-refractivity contribution in [2.75, 3.05) is 23.7 Å². The molecule has 24 heavy (non-hydrogen) atoms. The quantitative estimate of drug-likeness (QED) is 0.937. The van der Waals surface area contributed by atoms with Gasteiger partial charge in [-0.3, -0.25) is 0 Å². The third kappa shape index (κ3) is 3.09. The molecule has 126 valence electrons. The van der Waals surface area contributed by atoms with Crippen molar-refractivity contribution in [2.24, 2.45) is 11.8 Å². The molecule has 1 aliphatic heterocycles. The van der Waals surface area contributed by atoms with Crippen LogP contribution in [0.1, 0.15) is 31.5 Å². The number of nitrogen functional groups attached to an aromatic ring is 1. The third-order valence-corrected chi connectivity index (χ3v) is 4.67. The van der Waals surface area contributed by atoms with Crippen LogP contribution in [0.15, 0.2) is 30.3 Å². The molecule has 0 radical (unpaired) electrons. The van der Waals surface area contributed by atoms with Gasteiger partial charge in [-0.15, -0.1) is 0 Å². The second-order valence-corrected chi connectivity index (χ2v) is 6.95. The van der Waals surface area contributed by atoms with Gasteiger partial charge in [0.25, 0.3) is 0 Å². The highest BCUT2D eigenvalue weighted by Crippen LogP contribution is 2.33. The zero-order chi connectivity index (χ0) is 17.3. The summed E-state index contributed by atoms with van der Waals surface area (Å²) in [6.45, 7) is 6.57. The second-order valence-electron chi connectivity index (χ2n) is 6.95. The predicted octanol–water partition coefficient (Wildman–Crippen LogP) is 3.61. The van der Waals surface area contributed by atoms with Gasteiger partial charge in [0.2, 0.25) is 0 Å². The molecule has 3 rings (SSSR count). The Labute approximate surface area is 142 Å². The Morgan fingerprint density at radius 1 is 1.25 bits per heavy atom. The molecule has 2 atom stereocenters. The minimum atomic E-state index is -0.264. The molecule has 1 fully saturated rings. The second kappa shape index (κ2) is 6.56. The van der Waals surface area contributed by atoms with Crippen LogP contribution in [0.4, 0.5) is 15.9 Å². The number of hydrogen-bond donors (Lipinski definition) is 1. The maximum atomic E-state index is 14.1. The van der Waals surface area contributed by atoms with Crippen molar-refractivity contribution in [3.8, 4) is 6.07 Å². The molecular formula is C19H23FN4. The minimum Gasteiger partial charge on any atom is -0.396 e. The predicted molar refractivity (Wildman–Crippen MR) is 94.2 cm³/mol. The summed E-state index contributed by atoms with van der Waals surface area (Å²) in [6, 6.07) is 10.6. The van der Waals surface area contributed by atoms with E-state index >= 15 is 0 Å². The fourth-order valence-electron chi connectivity index (χ4n) is 3.80. The van der Waals surface area contributed by atoms with E-state index in [1.54, 1.807) is 18.2 Å². The first-order valence-corrected chi connectivity index (χ1v) is 8.37. The van der Waals surface area contributed by atoms with Crippen molar-refractivity contribution in [3.63, 3.8) is 0 Å². The van der Waals surface area contributed by atoms with E-state index in [4.69, 9.17) is 5.73 Å². The molecule has 1 aromatic carbocycles. The summed E-state index contributed by atoms with van der Waals surface area (Å²) in [5.74, 6) is 1.71. The van der Waals surface area contributed by atoms with E-state index in [2.05, 4.69) is 24.8 Å². The molecule has 0 bridgehead atoms. The molecular weight excluding hydrogens is 303 g/mol. The molecule has 0 spiro atoms. The molecule has 2 aromatic rings. The number of nitrogens with two attached hydrogens (primary N) is 1. The molecule has 1 aliphatic rings. The number of anilines is 2. The smallest absolute Gasteiger partial charge is 0.133 e. The van der Waals surface area contributed by atoms with Crippen LogP contribution in [0.25, 0.3) is 0 Å². The Kier molecular flexibility index (Phi) is 4.48. The van der Waals surface area contributed by atoms with E-state index in [9.17, 15) is 9.65 Å². The Morgan fingerprint density at radius 2 is 1.92 bits per heavy atom. The monoisotopic (exact) mass is 326 g/mol. The van der Waals surface area contributed by atoms with Gasteiger partial charge in [-0.1, -0.05) is 32.0 Å². The van der Waals surface area contributed by atoms with Crippen LogP contribution in [0, 0.1) is 29.0 Å². The molecule has 0 saturated carbocycles. The van der Waals surface area contributed by atoms with Crippen molar-refractivity contribution >= 4 is 11.5 Å². The number of hydrogen-bond acceptors (Lipinski definition) is 3. The Hall–Kier alpha value is -2.48. The summed E-state index contributed by atoms with van der Waals surface area (Å²) in [7, 11) is 0. The summed E-state index contributed by atoms with van der Waals surface area (Å²) < 4.78 is 15.9. The maximum absolute atomic E-state index is 14.1. The average Bonchev–Trinajstić information content (AvgIpc) is 2.84. The largest absolute Gasteiger partial charge is 0.396 e. The first-order valence-electron chi connectivity index (χ1n) is 8.37. The number of nitriles is 1. The van der Waals surface area contributed by atoms with Crippen LogP contribution < -0.4 is 10.6 Å². The number of aromatic nitrogens is 1. The lowest BCUT2D eigenvalue weighted by atomic mass is 9.92. The van der Waals surface area contributed by atoms with Crippen LogP contribution in [0.5, 0.6) is 0 Å². The van der Waals surface area contributed by atoms with Gasteiger partial charge in [0.05, 0.1) is 12.2 Å². The number of halogens is 1. The number of nitrogens with zero attached hydrogens (tertiary/aromatic N) is 3. The number of benzene rings is 1. The zero-order valence-electron chi connectivity index (χ0n) is 14.2. The molecule has 4 nitrogen and oxygen atoms in total. The van der Waals surface area contributed by atoms with E-state index in [0.29, 0.717) is 35.3 Å². The Balaban J connectivity index is 2.02. The molecule has 0 amide bonds. The molecule has 2 N–H and O–H groups in total. The fourth-order valence-corrected chi connectivity index (χ4v) is 3.80. The SMILES string of the molecule is C[C@@H]1C[C@@H](C)CN(c2c(N)cc(C#N)n2Cc2ccccc2F)C1. The lowest BCUT2D eigenvalue weighted by Crippen LogP contribution is -2.40. The highest BCUT2D eigenvalue weighted by atomic mass is 19.1. The van der Waals surface area contributed by atoms with Crippen LogP contribution in [-0.2, 0) is 6.54 Å². The number of rotatable bonds is 3. The van der Waals surface area contributed by atoms with Gasteiger partial charge in [0.15, 0.2) is 0 Å². The summed E-state index contributed by atoms with van der Waals surface area (Å²) in [5.41, 5.74) is 7.84. The van der Waals surface area contributed by atoms with Gasteiger partial charge in [-0.2, -0.15) is 5.26 Å². The molecule has 0 aliphatic carbocycles. The van der Waals surface area contributed by atoms with Crippen molar-refractivity contribution in [1.29, 1.82) is 5.26 Å². The summed E-state index contributed by atoms with van der Waals surface area (Å²) in [6.07, 6.45) is 1.19.